The van der Waals surface area contributed by atoms with Crippen molar-refractivity contribution in [2.45, 2.75) is 18.9 Å². The molecule has 0 aliphatic heterocycles. The van der Waals surface area contributed by atoms with E-state index in [1.54, 1.807) is 7.11 Å². The number of aryl methyl sites for hydroxylation is 2. The summed E-state index contributed by atoms with van der Waals surface area (Å²) in [6.45, 7) is 0. The van der Waals surface area contributed by atoms with Crippen LogP contribution in [0.25, 0.3) is 0 Å². The molecule has 0 aliphatic rings. The third-order valence-corrected chi connectivity index (χ3v) is 3.44. The van der Waals surface area contributed by atoms with Gasteiger partial charge in [0.1, 0.15) is 5.75 Å². The van der Waals surface area contributed by atoms with E-state index in [9.17, 15) is 0 Å². The topological polar surface area (TPSA) is 39.1 Å². The van der Waals surface area contributed by atoms with Crippen molar-refractivity contribution in [3.05, 3.63) is 48.0 Å². The maximum absolute atomic E-state index is 5.17. The number of imidazole rings is 1. The van der Waals surface area contributed by atoms with E-state index in [0.717, 1.165) is 18.6 Å². The van der Waals surface area contributed by atoms with Crippen LogP contribution in [0.3, 0.4) is 0 Å². The van der Waals surface area contributed by atoms with Gasteiger partial charge in [-0.25, -0.2) is 4.98 Å². The highest BCUT2D eigenvalue weighted by Crippen LogP contribution is 2.19. The lowest BCUT2D eigenvalue weighted by molar-refractivity contribution is 0.414. The highest BCUT2D eigenvalue weighted by Gasteiger charge is 2.12. The first-order valence-electron chi connectivity index (χ1n) is 6.51. The Morgan fingerprint density at radius 1 is 1.32 bits per heavy atom. The predicted octanol–water partition coefficient (Wildman–Crippen LogP) is 2.32. The summed E-state index contributed by atoms with van der Waals surface area (Å²) in [5.41, 5.74) is 2.54. The molecule has 1 aromatic heterocycles. The summed E-state index contributed by atoms with van der Waals surface area (Å²) >= 11 is 0. The van der Waals surface area contributed by atoms with Crippen molar-refractivity contribution in [2.75, 3.05) is 14.2 Å². The van der Waals surface area contributed by atoms with Gasteiger partial charge in [0.05, 0.1) is 19.1 Å². The maximum Gasteiger partial charge on any atom is 0.118 e. The molecule has 4 heteroatoms. The van der Waals surface area contributed by atoms with Crippen molar-refractivity contribution in [3.8, 4) is 5.75 Å². The molecule has 2 aromatic rings. The molecule has 0 radical (unpaired) electrons. The van der Waals surface area contributed by atoms with E-state index in [2.05, 4.69) is 27.0 Å². The fourth-order valence-electron chi connectivity index (χ4n) is 2.25. The molecule has 102 valence electrons. The summed E-state index contributed by atoms with van der Waals surface area (Å²) in [6, 6.07) is 8.58. The second-order valence-corrected chi connectivity index (χ2v) is 4.66. The first kappa shape index (κ1) is 13.6. The standard InChI is InChI=1S/C15H21N3O/c1-16-14(15-10-17-11-18(15)2)9-6-12-4-7-13(19-3)8-5-12/h4-5,7-8,10-11,14,16H,6,9H2,1-3H3. The maximum atomic E-state index is 5.17. The minimum absolute atomic E-state index is 0.328. The first-order chi connectivity index (χ1) is 9.24. The van der Waals surface area contributed by atoms with Crippen molar-refractivity contribution < 1.29 is 4.74 Å². The van der Waals surface area contributed by atoms with Crippen LogP contribution in [0.15, 0.2) is 36.8 Å². The summed E-state index contributed by atoms with van der Waals surface area (Å²) in [7, 11) is 5.71. The van der Waals surface area contributed by atoms with Crippen LogP contribution in [-0.2, 0) is 13.5 Å². The molecular formula is C15H21N3O. The second-order valence-electron chi connectivity index (χ2n) is 4.66. The SMILES string of the molecule is CNC(CCc1ccc(OC)cc1)c1cncn1C. The van der Waals surface area contributed by atoms with E-state index >= 15 is 0 Å². The van der Waals surface area contributed by atoms with E-state index in [0.29, 0.717) is 6.04 Å². The number of nitrogens with zero attached hydrogens (tertiary/aromatic N) is 2. The van der Waals surface area contributed by atoms with Crippen LogP contribution < -0.4 is 10.1 Å². The number of ether oxygens (including phenoxy) is 1. The van der Waals surface area contributed by atoms with Crippen molar-refractivity contribution in [1.82, 2.24) is 14.9 Å². The van der Waals surface area contributed by atoms with Gasteiger partial charge in [-0.1, -0.05) is 12.1 Å². The largest absolute Gasteiger partial charge is 0.497 e. The lowest BCUT2D eigenvalue weighted by Gasteiger charge is -2.16. The number of hydrogen-bond acceptors (Lipinski definition) is 3. The molecule has 4 nitrogen and oxygen atoms in total. The van der Waals surface area contributed by atoms with Crippen LogP contribution in [0, 0.1) is 0 Å². The minimum Gasteiger partial charge on any atom is -0.497 e. The van der Waals surface area contributed by atoms with E-state index in [-0.39, 0.29) is 0 Å². The van der Waals surface area contributed by atoms with Crippen molar-refractivity contribution in [2.24, 2.45) is 7.05 Å². The molecule has 0 fully saturated rings. The number of benzene rings is 1. The zero-order valence-electron chi connectivity index (χ0n) is 11.8. The van der Waals surface area contributed by atoms with Gasteiger partial charge in [0.15, 0.2) is 0 Å². The van der Waals surface area contributed by atoms with Gasteiger partial charge in [-0.15, -0.1) is 0 Å². The van der Waals surface area contributed by atoms with Crippen molar-refractivity contribution >= 4 is 0 Å². The molecule has 1 atom stereocenters. The first-order valence-corrected chi connectivity index (χ1v) is 6.51. The Morgan fingerprint density at radius 2 is 2.05 bits per heavy atom. The monoisotopic (exact) mass is 259 g/mol. The van der Waals surface area contributed by atoms with Gasteiger partial charge in [0, 0.05) is 19.3 Å². The Bertz CT molecular complexity index is 504. The zero-order chi connectivity index (χ0) is 13.7. The van der Waals surface area contributed by atoms with E-state index < -0.39 is 0 Å². The predicted molar refractivity (Wildman–Crippen MR) is 76.3 cm³/mol. The van der Waals surface area contributed by atoms with Crippen LogP contribution in [0.4, 0.5) is 0 Å². The van der Waals surface area contributed by atoms with Crippen LogP contribution in [0.2, 0.25) is 0 Å². The van der Waals surface area contributed by atoms with Crippen molar-refractivity contribution in [3.63, 3.8) is 0 Å². The van der Waals surface area contributed by atoms with E-state index in [1.807, 2.05) is 38.8 Å². The van der Waals surface area contributed by atoms with Gasteiger partial charge in [0.2, 0.25) is 0 Å². The number of methoxy groups -OCH3 is 1. The Hall–Kier alpha value is -1.81. The molecule has 1 unspecified atom stereocenters. The quantitative estimate of drug-likeness (QED) is 0.865. The Balaban J connectivity index is 1.98. The number of aromatic nitrogens is 2. The second kappa shape index (κ2) is 6.38. The van der Waals surface area contributed by atoms with Crippen molar-refractivity contribution in [1.29, 1.82) is 0 Å². The molecule has 2 rings (SSSR count). The molecular weight excluding hydrogens is 238 g/mol. The molecule has 19 heavy (non-hydrogen) atoms. The van der Waals surface area contributed by atoms with E-state index in [4.69, 9.17) is 4.74 Å². The molecule has 0 saturated carbocycles. The van der Waals surface area contributed by atoms with Crippen LogP contribution in [0.5, 0.6) is 5.75 Å². The summed E-state index contributed by atoms with van der Waals surface area (Å²) < 4.78 is 7.23. The molecule has 1 aromatic carbocycles. The number of rotatable bonds is 6. The average molecular weight is 259 g/mol. The van der Waals surface area contributed by atoms with Gasteiger partial charge in [-0.05, 0) is 37.6 Å². The van der Waals surface area contributed by atoms with Gasteiger partial charge in [0.25, 0.3) is 0 Å². The molecule has 1 heterocycles. The summed E-state index contributed by atoms with van der Waals surface area (Å²) in [5.74, 6) is 0.903. The lowest BCUT2D eigenvalue weighted by atomic mass is 10.0. The molecule has 1 N–H and O–H groups in total. The molecule has 0 amide bonds. The van der Waals surface area contributed by atoms with Gasteiger partial charge in [-0.3, -0.25) is 0 Å². The molecule has 0 aliphatic carbocycles. The molecule has 0 bridgehead atoms. The molecule has 0 spiro atoms. The lowest BCUT2D eigenvalue weighted by Crippen LogP contribution is -2.19. The van der Waals surface area contributed by atoms with Crippen LogP contribution in [0.1, 0.15) is 23.7 Å². The fourth-order valence-corrected chi connectivity index (χ4v) is 2.25. The summed E-state index contributed by atoms with van der Waals surface area (Å²) in [4.78, 5) is 4.17. The summed E-state index contributed by atoms with van der Waals surface area (Å²) in [5, 5.41) is 3.35. The number of nitrogens with one attached hydrogen (secondary N) is 1. The zero-order valence-corrected chi connectivity index (χ0v) is 11.8. The third kappa shape index (κ3) is 3.35. The smallest absolute Gasteiger partial charge is 0.118 e. The van der Waals surface area contributed by atoms with Crippen LogP contribution >= 0.6 is 0 Å². The minimum atomic E-state index is 0.328. The fraction of sp³-hybridized carbons (Fsp3) is 0.400. The number of hydrogen-bond donors (Lipinski definition) is 1. The van der Waals surface area contributed by atoms with Gasteiger partial charge in [-0.2, -0.15) is 0 Å². The highest BCUT2D eigenvalue weighted by molar-refractivity contribution is 5.27. The normalized spacial score (nSPS) is 12.4. The average Bonchev–Trinajstić information content (AvgIpc) is 2.87. The highest BCUT2D eigenvalue weighted by atomic mass is 16.5. The Morgan fingerprint density at radius 3 is 2.58 bits per heavy atom. The van der Waals surface area contributed by atoms with Gasteiger partial charge < -0.3 is 14.6 Å². The Kier molecular flexibility index (Phi) is 4.58. The third-order valence-electron chi connectivity index (χ3n) is 3.44. The van der Waals surface area contributed by atoms with Gasteiger partial charge >= 0.3 is 0 Å². The summed E-state index contributed by atoms with van der Waals surface area (Å²) in [6.07, 6.45) is 5.84. The Labute approximate surface area is 114 Å². The van der Waals surface area contributed by atoms with Crippen LogP contribution in [-0.4, -0.2) is 23.7 Å². The van der Waals surface area contributed by atoms with E-state index in [1.165, 1.54) is 11.3 Å². The molecule has 0 saturated heterocycles.